The molecule has 1 aromatic carbocycles. The quantitative estimate of drug-likeness (QED) is 0.524. The highest BCUT2D eigenvalue weighted by atomic mass is 16.5. The maximum Gasteiger partial charge on any atom is 0.354 e. The first-order chi connectivity index (χ1) is 14.1. The van der Waals surface area contributed by atoms with E-state index in [9.17, 15) is 14.4 Å². The summed E-state index contributed by atoms with van der Waals surface area (Å²) < 4.78 is 10.0. The lowest BCUT2D eigenvalue weighted by molar-refractivity contribution is 0.0591. The summed E-state index contributed by atoms with van der Waals surface area (Å²) in [5.41, 5.74) is 2.21. The molecule has 0 saturated heterocycles. The number of esters is 1. The highest BCUT2D eigenvalue weighted by Crippen LogP contribution is 2.24. The Bertz CT molecular complexity index is 945. The molecule has 0 radical (unpaired) electrons. The lowest BCUT2D eigenvalue weighted by atomic mass is 9.98. The van der Waals surface area contributed by atoms with Gasteiger partial charge in [0.15, 0.2) is 5.78 Å². The zero-order chi connectivity index (χ0) is 22.6. The van der Waals surface area contributed by atoms with E-state index in [1.165, 1.54) is 14.2 Å². The van der Waals surface area contributed by atoms with Crippen LogP contribution >= 0.6 is 0 Å². The number of ether oxygens (including phenoxy) is 2. The van der Waals surface area contributed by atoms with Gasteiger partial charge in [-0.25, -0.2) is 4.79 Å². The van der Waals surface area contributed by atoms with Gasteiger partial charge in [0, 0.05) is 23.4 Å². The van der Waals surface area contributed by atoms with Gasteiger partial charge in [-0.05, 0) is 50.5 Å². The molecule has 7 nitrogen and oxygen atoms in total. The van der Waals surface area contributed by atoms with Gasteiger partial charge in [0.1, 0.15) is 11.4 Å². The molecule has 0 aliphatic heterocycles. The van der Waals surface area contributed by atoms with Crippen molar-refractivity contribution in [2.24, 2.45) is 5.92 Å². The number of hydrogen-bond acceptors (Lipinski definition) is 5. The number of Topliss-reactive ketones (excluding diaryl/α,β-unsaturated/α-hetero) is 1. The molecule has 2 rings (SSSR count). The van der Waals surface area contributed by atoms with E-state index >= 15 is 0 Å². The van der Waals surface area contributed by atoms with Gasteiger partial charge in [0.05, 0.1) is 20.3 Å². The standard InChI is InChI=1S/C23H30N2O5/c1-13(2)12-25(22(27)17-9-8-10-18(11-17)29-6)16(5)21(26)19-14(3)20(23(28)30-7)24-15(19)4/h8-11,13,16,24H,12H2,1-7H3/t16-/m1/s1. The number of nitrogens with one attached hydrogen (secondary N) is 1. The number of methoxy groups -OCH3 is 2. The maximum absolute atomic E-state index is 13.4. The van der Waals surface area contributed by atoms with Crippen molar-refractivity contribution in [3.63, 3.8) is 0 Å². The van der Waals surface area contributed by atoms with E-state index in [1.807, 2.05) is 13.8 Å². The van der Waals surface area contributed by atoms with Crippen LogP contribution in [0.2, 0.25) is 0 Å². The lowest BCUT2D eigenvalue weighted by Crippen LogP contribution is -2.45. The molecule has 0 aliphatic rings. The fourth-order valence-electron chi connectivity index (χ4n) is 3.51. The highest BCUT2D eigenvalue weighted by molar-refractivity contribution is 6.07. The minimum atomic E-state index is -0.718. The van der Waals surface area contributed by atoms with Crippen LogP contribution in [0.1, 0.15) is 63.2 Å². The van der Waals surface area contributed by atoms with Gasteiger partial charge < -0.3 is 19.4 Å². The highest BCUT2D eigenvalue weighted by Gasteiger charge is 2.32. The molecule has 7 heteroatoms. The van der Waals surface area contributed by atoms with Crippen LogP contribution in [0.4, 0.5) is 0 Å². The molecule has 1 N–H and O–H groups in total. The Morgan fingerprint density at radius 1 is 1.10 bits per heavy atom. The van der Waals surface area contributed by atoms with Crippen molar-refractivity contribution in [2.45, 2.75) is 40.7 Å². The molecule has 1 atom stereocenters. The Balaban J connectivity index is 2.43. The minimum Gasteiger partial charge on any atom is -0.497 e. The largest absolute Gasteiger partial charge is 0.497 e. The van der Waals surface area contributed by atoms with E-state index in [1.54, 1.807) is 49.9 Å². The fourth-order valence-corrected chi connectivity index (χ4v) is 3.51. The number of carbonyl (C=O) groups excluding carboxylic acids is 3. The van der Waals surface area contributed by atoms with Crippen LogP contribution in [0.3, 0.4) is 0 Å². The average molecular weight is 415 g/mol. The second-order valence-electron chi connectivity index (χ2n) is 7.74. The zero-order valence-electron chi connectivity index (χ0n) is 18.7. The molecular weight excluding hydrogens is 384 g/mol. The number of aromatic nitrogens is 1. The summed E-state index contributed by atoms with van der Waals surface area (Å²) in [7, 11) is 2.83. The maximum atomic E-state index is 13.4. The van der Waals surface area contributed by atoms with Crippen LogP contribution in [0.15, 0.2) is 24.3 Å². The third kappa shape index (κ3) is 4.72. The first kappa shape index (κ1) is 23.2. The number of H-pyrrole nitrogens is 1. The number of benzene rings is 1. The molecule has 30 heavy (non-hydrogen) atoms. The molecule has 0 spiro atoms. The number of amides is 1. The Hall–Kier alpha value is -3.09. The third-order valence-corrected chi connectivity index (χ3v) is 5.06. The molecule has 162 valence electrons. The van der Waals surface area contributed by atoms with Crippen molar-refractivity contribution in [3.8, 4) is 5.75 Å². The first-order valence-corrected chi connectivity index (χ1v) is 9.89. The molecule has 1 heterocycles. The molecule has 1 amide bonds. The Kier molecular flexibility index (Phi) is 7.43. The van der Waals surface area contributed by atoms with E-state index in [-0.39, 0.29) is 23.3 Å². The van der Waals surface area contributed by atoms with Crippen molar-refractivity contribution in [3.05, 3.63) is 52.3 Å². The average Bonchev–Trinajstić information content (AvgIpc) is 3.03. The Labute approximate surface area is 177 Å². The Morgan fingerprint density at radius 3 is 2.33 bits per heavy atom. The molecule has 1 aromatic heterocycles. The SMILES string of the molecule is COC(=O)c1[nH]c(C)c(C(=O)[C@@H](C)N(CC(C)C)C(=O)c2cccc(OC)c2)c1C. The molecule has 0 bridgehead atoms. The zero-order valence-corrected chi connectivity index (χ0v) is 18.7. The van der Waals surface area contributed by atoms with Crippen LogP contribution in [0.5, 0.6) is 5.75 Å². The molecule has 0 unspecified atom stereocenters. The van der Waals surface area contributed by atoms with E-state index in [0.29, 0.717) is 34.7 Å². The topological polar surface area (TPSA) is 88.7 Å². The predicted octanol–water partition coefficient (Wildman–Crippen LogP) is 3.80. The number of rotatable bonds is 8. The van der Waals surface area contributed by atoms with E-state index < -0.39 is 12.0 Å². The molecule has 0 saturated carbocycles. The number of ketones is 1. The number of aromatic amines is 1. The predicted molar refractivity (Wildman–Crippen MR) is 114 cm³/mol. The van der Waals surface area contributed by atoms with Crippen LogP contribution in [-0.2, 0) is 4.74 Å². The monoisotopic (exact) mass is 414 g/mol. The van der Waals surface area contributed by atoms with Gasteiger partial charge >= 0.3 is 5.97 Å². The van der Waals surface area contributed by atoms with Gasteiger partial charge in [-0.1, -0.05) is 19.9 Å². The van der Waals surface area contributed by atoms with Crippen molar-refractivity contribution < 1.29 is 23.9 Å². The van der Waals surface area contributed by atoms with E-state index in [4.69, 9.17) is 9.47 Å². The van der Waals surface area contributed by atoms with Crippen LogP contribution in [-0.4, -0.2) is 54.3 Å². The van der Waals surface area contributed by atoms with Crippen molar-refractivity contribution >= 4 is 17.7 Å². The van der Waals surface area contributed by atoms with Crippen molar-refractivity contribution in [1.29, 1.82) is 0 Å². The lowest BCUT2D eigenvalue weighted by Gasteiger charge is -2.30. The number of nitrogens with zero attached hydrogens (tertiary/aromatic N) is 1. The normalized spacial score (nSPS) is 11.9. The number of aryl methyl sites for hydroxylation is 1. The van der Waals surface area contributed by atoms with Gasteiger partial charge in [-0.2, -0.15) is 0 Å². The van der Waals surface area contributed by atoms with Crippen LogP contribution in [0.25, 0.3) is 0 Å². The van der Waals surface area contributed by atoms with Crippen LogP contribution < -0.4 is 4.74 Å². The van der Waals surface area contributed by atoms with E-state index in [0.717, 1.165) is 0 Å². The van der Waals surface area contributed by atoms with Crippen LogP contribution in [0, 0.1) is 19.8 Å². The molecular formula is C23H30N2O5. The number of carbonyl (C=O) groups is 3. The van der Waals surface area contributed by atoms with Gasteiger partial charge in [0.25, 0.3) is 5.91 Å². The van der Waals surface area contributed by atoms with E-state index in [2.05, 4.69) is 4.98 Å². The summed E-state index contributed by atoms with van der Waals surface area (Å²) >= 11 is 0. The second kappa shape index (κ2) is 9.61. The van der Waals surface area contributed by atoms with Crippen molar-refractivity contribution in [1.82, 2.24) is 9.88 Å². The second-order valence-corrected chi connectivity index (χ2v) is 7.74. The fraction of sp³-hybridized carbons (Fsp3) is 0.435. The van der Waals surface area contributed by atoms with Gasteiger partial charge in [-0.3, -0.25) is 9.59 Å². The summed E-state index contributed by atoms with van der Waals surface area (Å²) in [6.07, 6.45) is 0. The minimum absolute atomic E-state index is 0.161. The van der Waals surface area contributed by atoms with Gasteiger partial charge in [-0.15, -0.1) is 0 Å². The smallest absolute Gasteiger partial charge is 0.354 e. The summed E-state index contributed by atoms with van der Waals surface area (Å²) in [6.45, 7) is 9.54. The van der Waals surface area contributed by atoms with Crippen molar-refractivity contribution in [2.75, 3.05) is 20.8 Å². The molecule has 0 aliphatic carbocycles. The summed E-state index contributed by atoms with van der Waals surface area (Å²) in [5, 5.41) is 0. The molecule has 0 fully saturated rings. The number of hydrogen-bond donors (Lipinski definition) is 1. The molecule has 2 aromatic rings. The summed E-state index contributed by atoms with van der Waals surface area (Å²) in [5.74, 6) is -0.275. The summed E-state index contributed by atoms with van der Waals surface area (Å²) in [6, 6.07) is 6.16. The Morgan fingerprint density at radius 2 is 1.77 bits per heavy atom. The summed E-state index contributed by atoms with van der Waals surface area (Å²) in [4.78, 5) is 43.2. The van der Waals surface area contributed by atoms with Gasteiger partial charge in [0.2, 0.25) is 0 Å². The third-order valence-electron chi connectivity index (χ3n) is 5.06. The first-order valence-electron chi connectivity index (χ1n) is 9.89.